The van der Waals surface area contributed by atoms with Crippen LogP contribution in [0.1, 0.15) is 50.7 Å². The van der Waals surface area contributed by atoms with Gasteiger partial charge in [0.2, 0.25) is 0 Å². The van der Waals surface area contributed by atoms with E-state index in [4.69, 9.17) is 0 Å². The topological polar surface area (TPSA) is 48.9 Å². The van der Waals surface area contributed by atoms with Crippen LogP contribution in [0.3, 0.4) is 0 Å². The van der Waals surface area contributed by atoms with Gasteiger partial charge in [-0.3, -0.25) is 5.10 Å². The molecule has 1 aromatic rings. The summed E-state index contributed by atoms with van der Waals surface area (Å²) in [5.41, 5.74) is 0.900. The smallest absolute Gasteiger partial charge is 0.0820 e. The monoisotopic (exact) mass is 182 g/mol. The van der Waals surface area contributed by atoms with Gasteiger partial charge in [0.25, 0.3) is 0 Å². The average molecular weight is 182 g/mol. The third-order valence-electron chi connectivity index (χ3n) is 2.24. The minimum Gasteiger partial charge on any atom is -0.388 e. The third-order valence-corrected chi connectivity index (χ3v) is 2.24. The second-order valence-corrected chi connectivity index (χ2v) is 3.40. The summed E-state index contributed by atoms with van der Waals surface area (Å²) in [7, 11) is 0. The van der Waals surface area contributed by atoms with Crippen molar-refractivity contribution < 1.29 is 5.11 Å². The Bertz CT molecular complexity index is 209. The van der Waals surface area contributed by atoms with Gasteiger partial charge in [-0.2, -0.15) is 5.10 Å². The standard InChI is InChI=1S/C10H18N2O/c1-2-3-4-5-6-10(13)9-7-11-12-8-9/h7-8,10,13H,2-6H2,1H3,(H,11,12). The van der Waals surface area contributed by atoms with Crippen molar-refractivity contribution in [3.63, 3.8) is 0 Å². The molecule has 1 atom stereocenters. The van der Waals surface area contributed by atoms with Gasteiger partial charge < -0.3 is 5.11 Å². The van der Waals surface area contributed by atoms with E-state index in [1.54, 1.807) is 12.4 Å². The van der Waals surface area contributed by atoms with Crippen molar-refractivity contribution in [2.45, 2.75) is 45.1 Å². The molecule has 0 radical (unpaired) electrons. The first-order valence-electron chi connectivity index (χ1n) is 5.01. The first kappa shape index (κ1) is 10.3. The van der Waals surface area contributed by atoms with E-state index in [0.717, 1.165) is 18.4 Å². The lowest BCUT2D eigenvalue weighted by Crippen LogP contribution is -1.95. The van der Waals surface area contributed by atoms with Crippen LogP contribution in [0.5, 0.6) is 0 Å². The number of aliphatic hydroxyl groups is 1. The van der Waals surface area contributed by atoms with E-state index in [1.165, 1.54) is 19.3 Å². The number of hydrogen-bond donors (Lipinski definition) is 2. The Balaban J connectivity index is 2.15. The summed E-state index contributed by atoms with van der Waals surface area (Å²) in [5.74, 6) is 0. The molecule has 1 heterocycles. The SMILES string of the molecule is CCCCCCC(O)c1cn[nH]c1. The minimum atomic E-state index is -0.337. The lowest BCUT2D eigenvalue weighted by molar-refractivity contribution is 0.163. The quantitative estimate of drug-likeness (QED) is 0.664. The lowest BCUT2D eigenvalue weighted by Gasteiger charge is -2.06. The van der Waals surface area contributed by atoms with Crippen LogP contribution in [0, 0.1) is 0 Å². The fourth-order valence-corrected chi connectivity index (χ4v) is 1.37. The molecule has 0 aliphatic carbocycles. The molecule has 0 fully saturated rings. The molecule has 1 aromatic heterocycles. The van der Waals surface area contributed by atoms with E-state index >= 15 is 0 Å². The van der Waals surface area contributed by atoms with Crippen LogP contribution in [-0.4, -0.2) is 15.3 Å². The third kappa shape index (κ3) is 3.59. The number of hydrogen-bond acceptors (Lipinski definition) is 2. The molecular formula is C10H18N2O. The summed E-state index contributed by atoms with van der Waals surface area (Å²) >= 11 is 0. The van der Waals surface area contributed by atoms with E-state index in [9.17, 15) is 5.11 Å². The van der Waals surface area contributed by atoms with E-state index in [2.05, 4.69) is 17.1 Å². The number of nitrogens with zero attached hydrogens (tertiary/aromatic N) is 1. The van der Waals surface area contributed by atoms with E-state index in [0.29, 0.717) is 0 Å². The Hall–Kier alpha value is -0.830. The number of unbranched alkanes of at least 4 members (excludes halogenated alkanes) is 3. The van der Waals surface area contributed by atoms with Gasteiger partial charge in [-0.25, -0.2) is 0 Å². The molecule has 0 saturated heterocycles. The van der Waals surface area contributed by atoms with E-state index in [-0.39, 0.29) is 6.10 Å². The number of aliphatic hydroxyl groups excluding tert-OH is 1. The maximum Gasteiger partial charge on any atom is 0.0820 e. The molecule has 1 unspecified atom stereocenters. The van der Waals surface area contributed by atoms with Crippen molar-refractivity contribution in [3.8, 4) is 0 Å². The molecule has 2 N–H and O–H groups in total. The maximum atomic E-state index is 9.65. The first-order chi connectivity index (χ1) is 6.34. The van der Waals surface area contributed by atoms with Gasteiger partial charge in [0.1, 0.15) is 0 Å². The molecule has 0 aliphatic rings. The molecule has 0 aliphatic heterocycles. The fourth-order valence-electron chi connectivity index (χ4n) is 1.37. The predicted octanol–water partition coefficient (Wildman–Crippen LogP) is 2.41. The van der Waals surface area contributed by atoms with Gasteiger partial charge in [-0.05, 0) is 6.42 Å². The van der Waals surface area contributed by atoms with Crippen LogP contribution in [-0.2, 0) is 0 Å². The molecule has 3 heteroatoms. The van der Waals surface area contributed by atoms with Crippen molar-refractivity contribution in [1.29, 1.82) is 0 Å². The summed E-state index contributed by atoms with van der Waals surface area (Å²) in [6.45, 7) is 2.19. The van der Waals surface area contributed by atoms with Crippen LogP contribution >= 0.6 is 0 Å². The largest absolute Gasteiger partial charge is 0.388 e. The van der Waals surface area contributed by atoms with Crippen LogP contribution in [0.15, 0.2) is 12.4 Å². The second-order valence-electron chi connectivity index (χ2n) is 3.40. The molecule has 13 heavy (non-hydrogen) atoms. The van der Waals surface area contributed by atoms with Crippen LogP contribution in [0.4, 0.5) is 0 Å². The second kappa shape index (κ2) is 5.75. The van der Waals surface area contributed by atoms with E-state index in [1.807, 2.05) is 0 Å². The Morgan fingerprint density at radius 3 is 2.92 bits per heavy atom. The van der Waals surface area contributed by atoms with Gasteiger partial charge in [0.15, 0.2) is 0 Å². The Labute approximate surface area is 79.2 Å². The lowest BCUT2D eigenvalue weighted by atomic mass is 10.1. The highest BCUT2D eigenvalue weighted by Crippen LogP contribution is 2.18. The highest BCUT2D eigenvalue weighted by molar-refractivity contribution is 5.06. The van der Waals surface area contributed by atoms with Crippen molar-refractivity contribution in [2.24, 2.45) is 0 Å². The number of aromatic nitrogens is 2. The normalized spacial score (nSPS) is 13.1. The van der Waals surface area contributed by atoms with Gasteiger partial charge in [-0.15, -0.1) is 0 Å². The van der Waals surface area contributed by atoms with Gasteiger partial charge in [0, 0.05) is 11.8 Å². The summed E-state index contributed by atoms with van der Waals surface area (Å²) in [6, 6.07) is 0. The summed E-state index contributed by atoms with van der Waals surface area (Å²) < 4.78 is 0. The molecule has 0 aromatic carbocycles. The molecule has 0 saturated carbocycles. The molecule has 0 amide bonds. The summed E-state index contributed by atoms with van der Waals surface area (Å²) in [5, 5.41) is 16.2. The fraction of sp³-hybridized carbons (Fsp3) is 0.700. The van der Waals surface area contributed by atoms with Crippen molar-refractivity contribution in [3.05, 3.63) is 18.0 Å². The first-order valence-corrected chi connectivity index (χ1v) is 5.01. The Morgan fingerprint density at radius 1 is 1.46 bits per heavy atom. The maximum absolute atomic E-state index is 9.65. The number of nitrogens with one attached hydrogen (secondary N) is 1. The molecule has 3 nitrogen and oxygen atoms in total. The Kier molecular flexibility index (Phi) is 4.54. The van der Waals surface area contributed by atoms with Gasteiger partial charge in [0.05, 0.1) is 12.3 Å². The van der Waals surface area contributed by atoms with Crippen LogP contribution in [0.25, 0.3) is 0 Å². The zero-order valence-electron chi connectivity index (χ0n) is 8.16. The molecule has 0 spiro atoms. The average Bonchev–Trinajstić information content (AvgIpc) is 2.65. The van der Waals surface area contributed by atoms with Gasteiger partial charge >= 0.3 is 0 Å². The highest BCUT2D eigenvalue weighted by Gasteiger charge is 2.06. The number of H-pyrrole nitrogens is 1. The molecule has 1 rings (SSSR count). The molecule has 0 bridgehead atoms. The number of aromatic amines is 1. The zero-order valence-corrected chi connectivity index (χ0v) is 8.16. The highest BCUT2D eigenvalue weighted by atomic mass is 16.3. The molecule has 74 valence electrons. The van der Waals surface area contributed by atoms with Crippen LogP contribution in [0.2, 0.25) is 0 Å². The van der Waals surface area contributed by atoms with Crippen molar-refractivity contribution in [1.82, 2.24) is 10.2 Å². The van der Waals surface area contributed by atoms with Gasteiger partial charge in [-0.1, -0.05) is 32.6 Å². The zero-order chi connectivity index (χ0) is 9.52. The van der Waals surface area contributed by atoms with E-state index < -0.39 is 0 Å². The number of rotatable bonds is 6. The van der Waals surface area contributed by atoms with Crippen LogP contribution < -0.4 is 0 Å². The van der Waals surface area contributed by atoms with Crippen molar-refractivity contribution >= 4 is 0 Å². The predicted molar refractivity (Wildman–Crippen MR) is 52.3 cm³/mol. The minimum absolute atomic E-state index is 0.337. The molecular weight excluding hydrogens is 164 g/mol. The van der Waals surface area contributed by atoms with Crippen molar-refractivity contribution in [2.75, 3.05) is 0 Å². The summed E-state index contributed by atoms with van der Waals surface area (Å²) in [6.07, 6.45) is 8.76. The Morgan fingerprint density at radius 2 is 2.31 bits per heavy atom. The summed E-state index contributed by atoms with van der Waals surface area (Å²) in [4.78, 5) is 0.